The summed E-state index contributed by atoms with van der Waals surface area (Å²) in [7, 11) is 0. The lowest BCUT2D eigenvalue weighted by Gasteiger charge is -2.33. The molecule has 2 aliphatic heterocycles. The predicted molar refractivity (Wildman–Crippen MR) is 36.2 cm³/mol. The van der Waals surface area contributed by atoms with E-state index in [0.29, 0.717) is 6.17 Å². The van der Waals surface area contributed by atoms with Crippen molar-refractivity contribution in [3.63, 3.8) is 0 Å². The van der Waals surface area contributed by atoms with Gasteiger partial charge in [-0.1, -0.05) is 0 Å². The molecule has 2 fully saturated rings. The van der Waals surface area contributed by atoms with Crippen LogP contribution in [0.4, 0.5) is 0 Å². The van der Waals surface area contributed by atoms with Crippen LogP contribution < -0.4 is 5.32 Å². The summed E-state index contributed by atoms with van der Waals surface area (Å²) in [4.78, 5) is 2.50. The average molecular weight is 125 g/mol. The monoisotopic (exact) mass is 125 g/mol. The molecule has 51 valence electrons. The van der Waals surface area contributed by atoms with Gasteiger partial charge in [0.1, 0.15) is 0 Å². The molecule has 0 saturated carbocycles. The van der Waals surface area contributed by atoms with Gasteiger partial charge in [-0.3, -0.25) is 4.90 Å². The second-order valence-electron chi connectivity index (χ2n) is 2.92. The van der Waals surface area contributed by atoms with Crippen LogP contribution in [-0.4, -0.2) is 30.7 Å². The van der Waals surface area contributed by atoms with Crippen molar-refractivity contribution in [2.75, 3.05) is 19.6 Å². The second-order valence-corrected chi connectivity index (χ2v) is 2.92. The predicted octanol–water partition coefficient (Wildman–Crippen LogP) is 0.416. The Morgan fingerprint density at radius 3 is 2.33 bits per heavy atom. The Bertz CT molecular complexity index is 93.1. The summed E-state index contributed by atoms with van der Waals surface area (Å²) < 4.78 is 0. The Morgan fingerprint density at radius 1 is 1.22 bits per heavy atom. The molecule has 0 aromatic heterocycles. The third kappa shape index (κ3) is 0.970. The van der Waals surface area contributed by atoms with E-state index in [-0.39, 0.29) is 0 Å². The molecule has 0 N–H and O–H groups in total. The van der Waals surface area contributed by atoms with Crippen LogP contribution in [0.5, 0.6) is 0 Å². The van der Waals surface area contributed by atoms with Crippen molar-refractivity contribution in [2.24, 2.45) is 0 Å². The maximum atomic E-state index is 4.38. The van der Waals surface area contributed by atoms with E-state index in [1.165, 1.54) is 32.4 Å². The van der Waals surface area contributed by atoms with Crippen LogP contribution in [0.2, 0.25) is 0 Å². The number of hydrogen-bond donors (Lipinski definition) is 0. The van der Waals surface area contributed by atoms with Crippen LogP contribution in [-0.2, 0) is 0 Å². The summed E-state index contributed by atoms with van der Waals surface area (Å²) in [5, 5.41) is 4.38. The molecule has 0 amide bonds. The van der Waals surface area contributed by atoms with Gasteiger partial charge in [0.05, 0.1) is 6.17 Å². The molecule has 0 aliphatic carbocycles. The molecular formula is C7H13N2. The van der Waals surface area contributed by atoms with E-state index in [1.807, 2.05) is 0 Å². The minimum Gasteiger partial charge on any atom is -0.287 e. The highest BCUT2D eigenvalue weighted by Crippen LogP contribution is 2.16. The maximum absolute atomic E-state index is 4.38. The highest BCUT2D eigenvalue weighted by atomic mass is 15.3. The Hall–Kier alpha value is -0.0800. The SMILES string of the molecule is C1CCN(C2CC[N]2)C1. The van der Waals surface area contributed by atoms with Crippen molar-refractivity contribution >= 4 is 0 Å². The van der Waals surface area contributed by atoms with Gasteiger partial charge in [-0.15, -0.1) is 0 Å². The first-order chi connectivity index (χ1) is 4.47. The van der Waals surface area contributed by atoms with E-state index < -0.39 is 0 Å². The lowest BCUT2D eigenvalue weighted by Crippen LogP contribution is -2.49. The fourth-order valence-corrected chi connectivity index (χ4v) is 1.58. The van der Waals surface area contributed by atoms with Crippen LogP contribution >= 0.6 is 0 Å². The normalized spacial score (nSPS) is 36.7. The number of nitrogens with zero attached hydrogens (tertiary/aromatic N) is 2. The third-order valence-corrected chi connectivity index (χ3v) is 2.29. The molecule has 0 bridgehead atoms. The zero-order chi connectivity index (χ0) is 6.10. The Kier molecular flexibility index (Phi) is 1.44. The van der Waals surface area contributed by atoms with Crippen LogP contribution in [0.1, 0.15) is 19.3 Å². The van der Waals surface area contributed by atoms with Gasteiger partial charge in [0.15, 0.2) is 0 Å². The number of hydrogen-bond acceptors (Lipinski definition) is 1. The summed E-state index contributed by atoms with van der Waals surface area (Å²) in [5.41, 5.74) is 0. The summed E-state index contributed by atoms with van der Waals surface area (Å²) in [5.74, 6) is 0. The number of rotatable bonds is 1. The third-order valence-electron chi connectivity index (χ3n) is 2.29. The molecule has 9 heavy (non-hydrogen) atoms. The first kappa shape index (κ1) is 5.69. The zero-order valence-electron chi connectivity index (χ0n) is 5.71. The van der Waals surface area contributed by atoms with E-state index in [2.05, 4.69) is 10.2 Å². The molecule has 0 aromatic rings. The molecule has 2 heteroatoms. The minimum absolute atomic E-state index is 0.632. The molecular weight excluding hydrogens is 112 g/mol. The average Bonchev–Trinajstić information content (AvgIpc) is 2.11. The van der Waals surface area contributed by atoms with Crippen LogP contribution in [0, 0.1) is 0 Å². The summed E-state index contributed by atoms with van der Waals surface area (Å²) >= 11 is 0. The highest BCUT2D eigenvalue weighted by Gasteiger charge is 2.26. The first-order valence-electron chi connectivity index (χ1n) is 3.87. The lowest BCUT2D eigenvalue weighted by molar-refractivity contribution is 0.133. The molecule has 0 spiro atoms. The van der Waals surface area contributed by atoms with Crippen molar-refractivity contribution in [1.29, 1.82) is 0 Å². The fraction of sp³-hybridized carbons (Fsp3) is 1.00. The van der Waals surface area contributed by atoms with E-state index in [4.69, 9.17) is 0 Å². The Balaban J connectivity index is 1.82. The maximum Gasteiger partial charge on any atom is 0.0773 e. The van der Waals surface area contributed by atoms with Crippen molar-refractivity contribution in [2.45, 2.75) is 25.4 Å². The number of likely N-dealkylation sites (tertiary alicyclic amines) is 1. The van der Waals surface area contributed by atoms with Crippen molar-refractivity contribution in [1.82, 2.24) is 10.2 Å². The molecule has 2 rings (SSSR count). The van der Waals surface area contributed by atoms with Crippen LogP contribution in [0.25, 0.3) is 0 Å². The zero-order valence-corrected chi connectivity index (χ0v) is 5.71. The molecule has 1 atom stereocenters. The van der Waals surface area contributed by atoms with E-state index in [1.54, 1.807) is 0 Å². The van der Waals surface area contributed by atoms with Gasteiger partial charge in [-0.25, -0.2) is 5.32 Å². The van der Waals surface area contributed by atoms with Gasteiger partial charge >= 0.3 is 0 Å². The molecule has 2 heterocycles. The second kappa shape index (κ2) is 2.27. The standard InChI is InChI=1S/C7H13N2/c1-2-6-9(5-1)7-3-4-8-7/h7H,1-6H2. The quantitative estimate of drug-likeness (QED) is 0.496. The summed E-state index contributed by atoms with van der Waals surface area (Å²) in [6.45, 7) is 3.71. The Labute approximate surface area is 56.2 Å². The molecule has 2 aliphatic rings. The lowest BCUT2D eigenvalue weighted by atomic mass is 10.2. The Morgan fingerprint density at radius 2 is 1.89 bits per heavy atom. The van der Waals surface area contributed by atoms with Crippen LogP contribution in [0.15, 0.2) is 0 Å². The molecule has 2 nitrogen and oxygen atoms in total. The van der Waals surface area contributed by atoms with Crippen molar-refractivity contribution in [3.8, 4) is 0 Å². The minimum atomic E-state index is 0.632. The van der Waals surface area contributed by atoms with Gasteiger partial charge in [-0.2, -0.15) is 0 Å². The summed E-state index contributed by atoms with van der Waals surface area (Å²) in [6.07, 6.45) is 4.74. The van der Waals surface area contributed by atoms with Crippen LogP contribution in [0.3, 0.4) is 0 Å². The molecule has 1 unspecified atom stereocenters. The van der Waals surface area contributed by atoms with Gasteiger partial charge in [0.2, 0.25) is 0 Å². The fourth-order valence-electron chi connectivity index (χ4n) is 1.58. The topological polar surface area (TPSA) is 17.3 Å². The van der Waals surface area contributed by atoms with E-state index >= 15 is 0 Å². The van der Waals surface area contributed by atoms with Crippen molar-refractivity contribution in [3.05, 3.63) is 0 Å². The van der Waals surface area contributed by atoms with E-state index in [9.17, 15) is 0 Å². The van der Waals surface area contributed by atoms with E-state index in [0.717, 1.165) is 6.54 Å². The summed E-state index contributed by atoms with van der Waals surface area (Å²) in [6, 6.07) is 0. The smallest absolute Gasteiger partial charge is 0.0773 e. The molecule has 2 saturated heterocycles. The van der Waals surface area contributed by atoms with Gasteiger partial charge < -0.3 is 0 Å². The van der Waals surface area contributed by atoms with Gasteiger partial charge in [0, 0.05) is 6.54 Å². The first-order valence-corrected chi connectivity index (χ1v) is 3.87. The molecule has 1 radical (unpaired) electrons. The van der Waals surface area contributed by atoms with Gasteiger partial charge in [0.25, 0.3) is 0 Å². The van der Waals surface area contributed by atoms with Crippen molar-refractivity contribution < 1.29 is 0 Å². The highest BCUT2D eigenvalue weighted by molar-refractivity contribution is 4.80. The van der Waals surface area contributed by atoms with Gasteiger partial charge in [-0.05, 0) is 32.4 Å². The molecule has 0 aromatic carbocycles. The largest absolute Gasteiger partial charge is 0.287 e.